The monoisotopic (exact) mass is 797 g/mol. The summed E-state index contributed by atoms with van der Waals surface area (Å²) in [5, 5.41) is 5.30. The van der Waals surface area contributed by atoms with Gasteiger partial charge in [-0.2, -0.15) is 0 Å². The lowest BCUT2D eigenvalue weighted by Gasteiger charge is -2.30. The number of aromatic nitrogens is 4. The van der Waals surface area contributed by atoms with E-state index in [2.05, 4.69) is 30.6 Å². The van der Waals surface area contributed by atoms with E-state index in [-0.39, 0.29) is 42.9 Å². The number of ether oxygens (including phenoxy) is 3. The summed E-state index contributed by atoms with van der Waals surface area (Å²) in [7, 11) is 3.79. The molecule has 2 aromatic carbocycles. The lowest BCUT2D eigenvalue weighted by Crippen LogP contribution is -2.51. The maximum Gasteiger partial charge on any atom is 0.410 e. The van der Waals surface area contributed by atoms with Gasteiger partial charge in [-0.3, -0.25) is 14.5 Å². The van der Waals surface area contributed by atoms with Crippen LogP contribution >= 0.6 is 0 Å². The Bertz CT molecular complexity index is 2100. The standard InChI is InChI=1S/C41H51N9O8/c1-23(2)33(46-39(53)56-5)37(51)49-18-8-9-31(49)35-42-19-29(44-35)27-14-10-25(11-15-27)26-12-16-28(17-13-26)30-20-43-36(45-30)32-21-48(41(55)58-7)22-50(32)38(52)34(24(3)4)47-40(54)57-6/h10-17,19-20,23-24,31-34H,8-9,18,21-22H2,1-7H3,(H,42,44)(H,43,45)(H,46,53)(H,47,54). The molecule has 4 aromatic rings. The number of rotatable bonds is 11. The fourth-order valence-corrected chi connectivity index (χ4v) is 7.43. The second kappa shape index (κ2) is 17.8. The molecular weight excluding hydrogens is 747 g/mol. The first-order chi connectivity index (χ1) is 27.8. The number of hydrogen-bond donors (Lipinski definition) is 4. The van der Waals surface area contributed by atoms with Gasteiger partial charge in [0.05, 0.1) is 64.4 Å². The number of H-pyrrole nitrogens is 2. The summed E-state index contributed by atoms with van der Waals surface area (Å²) in [5.41, 5.74) is 5.38. The highest BCUT2D eigenvalue weighted by Crippen LogP contribution is 2.34. The largest absolute Gasteiger partial charge is 0.453 e. The molecule has 2 fully saturated rings. The molecular formula is C41H51N9O8. The van der Waals surface area contributed by atoms with Gasteiger partial charge in [-0.25, -0.2) is 24.4 Å². The Morgan fingerprint density at radius 1 is 0.655 bits per heavy atom. The molecule has 0 spiro atoms. The Morgan fingerprint density at radius 2 is 1.10 bits per heavy atom. The number of aromatic amines is 2. The van der Waals surface area contributed by atoms with Crippen molar-refractivity contribution in [3.05, 3.63) is 72.6 Å². The van der Waals surface area contributed by atoms with E-state index in [4.69, 9.17) is 14.2 Å². The van der Waals surface area contributed by atoms with E-state index in [1.807, 2.05) is 76.2 Å². The van der Waals surface area contributed by atoms with Crippen molar-refractivity contribution in [3.63, 3.8) is 0 Å². The number of benzene rings is 2. The summed E-state index contributed by atoms with van der Waals surface area (Å²) in [5.74, 6) is 0.274. The Hall–Kier alpha value is -6.39. The average molecular weight is 798 g/mol. The zero-order chi connectivity index (χ0) is 41.7. The van der Waals surface area contributed by atoms with Gasteiger partial charge in [0.25, 0.3) is 0 Å². The summed E-state index contributed by atoms with van der Waals surface area (Å²) in [4.78, 5) is 84.6. The minimum absolute atomic E-state index is 0.0378. The van der Waals surface area contributed by atoms with Crippen molar-refractivity contribution in [1.82, 2.24) is 45.3 Å². The van der Waals surface area contributed by atoms with Crippen LogP contribution in [0.1, 0.15) is 64.3 Å². The molecule has 2 aromatic heterocycles. The molecule has 4 N–H and O–H groups in total. The fraction of sp³-hybridized carbons (Fsp3) is 0.439. The lowest BCUT2D eigenvalue weighted by atomic mass is 10.0. The van der Waals surface area contributed by atoms with E-state index < -0.39 is 36.4 Å². The predicted octanol–water partition coefficient (Wildman–Crippen LogP) is 5.47. The maximum absolute atomic E-state index is 13.8. The van der Waals surface area contributed by atoms with E-state index in [0.717, 1.165) is 46.5 Å². The molecule has 0 aliphatic carbocycles. The van der Waals surface area contributed by atoms with Gasteiger partial charge < -0.3 is 44.6 Å². The highest BCUT2D eigenvalue weighted by atomic mass is 16.5. The summed E-state index contributed by atoms with van der Waals surface area (Å²) < 4.78 is 14.4. The van der Waals surface area contributed by atoms with E-state index in [0.29, 0.717) is 18.2 Å². The van der Waals surface area contributed by atoms with Gasteiger partial charge in [0.2, 0.25) is 11.8 Å². The van der Waals surface area contributed by atoms with Crippen molar-refractivity contribution in [3.8, 4) is 33.6 Å². The Kier molecular flexibility index (Phi) is 12.7. The number of carbonyl (C=O) groups is 5. The van der Waals surface area contributed by atoms with Crippen LogP contribution in [-0.2, 0) is 23.8 Å². The Morgan fingerprint density at radius 3 is 1.55 bits per heavy atom. The van der Waals surface area contributed by atoms with Gasteiger partial charge in [0.15, 0.2) is 0 Å². The molecule has 4 atom stereocenters. The third kappa shape index (κ3) is 8.77. The van der Waals surface area contributed by atoms with Crippen molar-refractivity contribution in [2.75, 3.05) is 41.1 Å². The highest BCUT2D eigenvalue weighted by Gasteiger charge is 2.43. The second-order valence-electron chi connectivity index (χ2n) is 15.1. The molecule has 4 heterocycles. The maximum atomic E-state index is 13.8. The molecule has 2 saturated heterocycles. The predicted molar refractivity (Wildman–Crippen MR) is 213 cm³/mol. The zero-order valence-electron chi connectivity index (χ0n) is 33.8. The number of alkyl carbamates (subject to hydrolysis) is 2. The molecule has 4 unspecified atom stereocenters. The molecule has 5 amide bonds. The van der Waals surface area contributed by atoms with E-state index >= 15 is 0 Å². The number of hydrogen-bond acceptors (Lipinski definition) is 10. The molecule has 0 bridgehead atoms. The van der Waals surface area contributed by atoms with Gasteiger partial charge in [-0.1, -0.05) is 76.2 Å². The van der Waals surface area contributed by atoms with Crippen LogP contribution in [0.3, 0.4) is 0 Å². The third-order valence-corrected chi connectivity index (χ3v) is 10.7. The molecule has 2 aliphatic heterocycles. The summed E-state index contributed by atoms with van der Waals surface area (Å²) >= 11 is 0. The van der Waals surface area contributed by atoms with Crippen LogP contribution in [0.25, 0.3) is 33.6 Å². The van der Waals surface area contributed by atoms with Crippen molar-refractivity contribution in [2.24, 2.45) is 11.8 Å². The molecule has 17 heteroatoms. The molecule has 0 radical (unpaired) electrons. The van der Waals surface area contributed by atoms with Crippen LogP contribution in [-0.4, -0.2) is 118 Å². The quantitative estimate of drug-likeness (QED) is 0.141. The number of nitrogens with one attached hydrogen (secondary N) is 4. The normalized spacial score (nSPS) is 17.6. The number of imidazole rings is 2. The average Bonchev–Trinajstić information content (AvgIpc) is 4.07. The van der Waals surface area contributed by atoms with E-state index in [1.54, 1.807) is 17.3 Å². The molecule has 17 nitrogen and oxygen atoms in total. The molecule has 0 saturated carbocycles. The van der Waals surface area contributed by atoms with Gasteiger partial charge in [0.1, 0.15) is 29.8 Å². The van der Waals surface area contributed by atoms with Gasteiger partial charge in [0, 0.05) is 6.54 Å². The second-order valence-corrected chi connectivity index (χ2v) is 15.1. The van der Waals surface area contributed by atoms with Crippen LogP contribution in [0.5, 0.6) is 0 Å². The number of likely N-dealkylation sites (tertiary alicyclic amines) is 1. The number of carbonyl (C=O) groups excluding carboxylic acids is 5. The topological polar surface area (TPSA) is 204 Å². The van der Waals surface area contributed by atoms with Crippen molar-refractivity contribution < 1.29 is 38.2 Å². The molecule has 2 aliphatic rings. The third-order valence-electron chi connectivity index (χ3n) is 10.7. The fourth-order valence-electron chi connectivity index (χ4n) is 7.43. The Labute approximate surface area is 336 Å². The first kappa shape index (κ1) is 41.2. The van der Waals surface area contributed by atoms with Crippen molar-refractivity contribution in [2.45, 2.75) is 64.7 Å². The molecule has 308 valence electrons. The smallest absolute Gasteiger partial charge is 0.410 e. The molecule has 6 rings (SSSR count). The first-order valence-electron chi connectivity index (χ1n) is 19.3. The van der Waals surface area contributed by atoms with Gasteiger partial charge in [-0.15, -0.1) is 0 Å². The van der Waals surface area contributed by atoms with Crippen molar-refractivity contribution in [1.29, 1.82) is 0 Å². The van der Waals surface area contributed by atoms with Crippen LogP contribution in [0.4, 0.5) is 14.4 Å². The van der Waals surface area contributed by atoms with Crippen LogP contribution in [0, 0.1) is 11.8 Å². The number of nitrogens with zero attached hydrogens (tertiary/aromatic N) is 5. The summed E-state index contributed by atoms with van der Waals surface area (Å²) in [6.45, 7) is 8.09. The number of methoxy groups -OCH3 is 3. The summed E-state index contributed by atoms with van der Waals surface area (Å²) in [6, 6.07) is 13.7. The highest BCUT2D eigenvalue weighted by molar-refractivity contribution is 5.87. The van der Waals surface area contributed by atoms with E-state index in [1.165, 1.54) is 31.1 Å². The minimum atomic E-state index is -0.887. The van der Waals surface area contributed by atoms with Crippen LogP contribution < -0.4 is 10.6 Å². The number of amides is 5. The van der Waals surface area contributed by atoms with Gasteiger partial charge in [-0.05, 0) is 46.9 Å². The minimum Gasteiger partial charge on any atom is -0.453 e. The van der Waals surface area contributed by atoms with E-state index in [9.17, 15) is 24.0 Å². The van der Waals surface area contributed by atoms with Crippen LogP contribution in [0.2, 0.25) is 0 Å². The molecule has 58 heavy (non-hydrogen) atoms. The van der Waals surface area contributed by atoms with Gasteiger partial charge >= 0.3 is 18.3 Å². The lowest BCUT2D eigenvalue weighted by molar-refractivity contribution is -0.136. The Balaban J connectivity index is 1.14. The SMILES string of the molecule is COC(=O)NC(C(=O)N1CCCC1c1ncc(-c2ccc(-c3ccc(-c4cnc(C5CN(C(=O)OC)CN5C(=O)C(NC(=O)OC)C(C)C)[nH]4)cc3)cc2)[nH]1)C(C)C. The van der Waals surface area contributed by atoms with Crippen LogP contribution in [0.15, 0.2) is 60.9 Å². The van der Waals surface area contributed by atoms with Crippen molar-refractivity contribution >= 4 is 30.1 Å². The first-order valence-corrected chi connectivity index (χ1v) is 19.3. The zero-order valence-corrected chi connectivity index (χ0v) is 33.8. The summed E-state index contributed by atoms with van der Waals surface area (Å²) in [6.07, 6.45) is 3.12.